The van der Waals surface area contributed by atoms with Crippen molar-refractivity contribution in [3.05, 3.63) is 44.7 Å². The van der Waals surface area contributed by atoms with E-state index in [0.29, 0.717) is 5.57 Å². The number of nitrogen functional groups attached to an aromatic ring is 2. The molecule has 6 unspecified atom stereocenters. The number of H-pyrrole nitrogens is 2. The molecule has 2 fully saturated rings. The van der Waals surface area contributed by atoms with Gasteiger partial charge in [-0.25, -0.2) is 17.8 Å². The fourth-order valence-electron chi connectivity index (χ4n) is 5.88. The Bertz CT molecular complexity index is 2200. The highest BCUT2D eigenvalue weighted by Crippen LogP contribution is 2.68. The van der Waals surface area contributed by atoms with Gasteiger partial charge in [0.25, 0.3) is 5.56 Å². The molecule has 3 aliphatic rings. The minimum Gasteiger partial charge on any atom is -0.396 e. The Morgan fingerprint density at radius 3 is 2.11 bits per heavy atom. The number of rotatable bonds is 13. The fourth-order valence-corrected chi connectivity index (χ4v) is 10.9. The summed E-state index contributed by atoms with van der Waals surface area (Å²) in [5.74, 6) is -1.59. The van der Waals surface area contributed by atoms with E-state index in [4.69, 9.17) is 30.0 Å². The summed E-state index contributed by atoms with van der Waals surface area (Å²) in [5, 5.41) is 42.0. The van der Waals surface area contributed by atoms with Crippen molar-refractivity contribution in [1.29, 1.82) is 0 Å². The van der Waals surface area contributed by atoms with Crippen molar-refractivity contribution >= 4 is 68.5 Å². The van der Waals surface area contributed by atoms with Gasteiger partial charge in [0, 0.05) is 6.20 Å². The molecule has 3 aromatic rings. The first-order valence-corrected chi connectivity index (χ1v) is 20.6. The molecule has 0 aliphatic carbocycles. The summed E-state index contributed by atoms with van der Waals surface area (Å²) < 4.78 is 56.3. The molecule has 0 aromatic carbocycles. The third kappa shape index (κ3) is 8.02. The van der Waals surface area contributed by atoms with Gasteiger partial charge in [0.05, 0.1) is 37.2 Å². The number of phosphoric ester groups is 2. The Balaban J connectivity index is 1.05. The average Bonchev–Trinajstić information content (AvgIpc) is 3.77. The van der Waals surface area contributed by atoms with Gasteiger partial charge in [-0.05, 0) is 24.8 Å². The smallest absolute Gasteiger partial charge is 0.396 e. The van der Waals surface area contributed by atoms with Crippen LogP contribution >= 0.6 is 22.4 Å². The van der Waals surface area contributed by atoms with Gasteiger partial charge in [0.15, 0.2) is 23.7 Å². The molecule has 0 spiro atoms. The molecule has 6 heterocycles. The molecule has 25 nitrogen and oxygen atoms in total. The third-order valence-electron chi connectivity index (χ3n) is 8.20. The van der Waals surface area contributed by atoms with E-state index in [2.05, 4.69) is 46.6 Å². The number of aromatic nitrogens is 5. The van der Waals surface area contributed by atoms with E-state index in [0.717, 1.165) is 0 Å². The zero-order chi connectivity index (χ0) is 38.8. The van der Waals surface area contributed by atoms with Crippen molar-refractivity contribution in [3.63, 3.8) is 0 Å². The van der Waals surface area contributed by atoms with Crippen LogP contribution < -0.4 is 27.5 Å². The number of aliphatic hydroxyl groups is 4. The van der Waals surface area contributed by atoms with E-state index in [1.165, 1.54) is 21.7 Å². The summed E-state index contributed by atoms with van der Waals surface area (Å²) >= 11 is 4.59. The number of nitrogens with zero attached hydrogens (tertiary/aromatic N) is 4. The number of hydrogen-bond acceptors (Lipinski definition) is 20. The summed E-state index contributed by atoms with van der Waals surface area (Å²) in [7, 11) is -10.9. The van der Waals surface area contributed by atoms with Crippen molar-refractivity contribution in [1.82, 2.24) is 24.5 Å². The number of hydrogen-bond donors (Lipinski definition) is 11. The van der Waals surface area contributed by atoms with Crippen LogP contribution in [0.5, 0.6) is 0 Å². The van der Waals surface area contributed by atoms with Crippen LogP contribution in [-0.4, -0.2) is 116 Å². The van der Waals surface area contributed by atoms with Crippen LogP contribution in [0.15, 0.2) is 21.9 Å². The number of phosphoric acid groups is 2. The number of allylic oxidation sites excluding steroid dienone is 1. The maximum atomic E-state index is 12.7. The maximum Gasteiger partial charge on any atom is 0.479 e. The summed E-state index contributed by atoms with van der Waals surface area (Å²) in [5.41, 5.74) is 10.5. The van der Waals surface area contributed by atoms with Gasteiger partial charge in [0.1, 0.15) is 30.6 Å². The molecule has 290 valence electrons. The second-order valence-corrected chi connectivity index (χ2v) is 17.8. The Kier molecular flexibility index (Phi) is 10.9. The highest BCUT2D eigenvalue weighted by atomic mass is 32.5. The van der Waals surface area contributed by atoms with Gasteiger partial charge >= 0.3 is 33.7 Å². The molecule has 13 N–H and O–H groups in total. The number of nitrogens with two attached hydrogens (primary N) is 2. The second-order valence-electron chi connectivity index (χ2n) is 11.8. The normalized spacial score (nSPS) is 30.4. The molecular weight excluding hydrogens is 797 g/mol. The lowest BCUT2D eigenvalue weighted by Gasteiger charge is -2.23. The molecule has 53 heavy (non-hydrogen) atoms. The number of fused-ring (bicyclic) bond motifs is 2. The molecule has 11 atom stereocenters. The fraction of sp³-hybridized carbons (Fsp3) is 0.500. The molecular formula is C24H32N8O17P3S+. The van der Waals surface area contributed by atoms with Crippen molar-refractivity contribution < 1.29 is 71.4 Å². The third-order valence-corrected chi connectivity index (χ3v) is 13.7. The molecule has 29 heteroatoms. The molecule has 3 aliphatic heterocycles. The van der Waals surface area contributed by atoms with Crippen LogP contribution in [-0.2, 0) is 48.1 Å². The first-order chi connectivity index (χ1) is 24.7. The van der Waals surface area contributed by atoms with Gasteiger partial charge in [-0.15, -0.1) is 9.88 Å². The Hall–Kier alpha value is -3.06. The van der Waals surface area contributed by atoms with E-state index in [-0.39, 0.29) is 34.3 Å². The average molecular weight is 830 g/mol. The van der Waals surface area contributed by atoms with Gasteiger partial charge in [0.2, 0.25) is 17.5 Å². The topological polar surface area (TPSA) is 383 Å². The molecule has 0 bridgehead atoms. The zero-order valence-corrected chi connectivity index (χ0v) is 30.3. The quantitative estimate of drug-likeness (QED) is 0.0624. The predicted molar refractivity (Wildman–Crippen MR) is 180 cm³/mol. The zero-order valence-electron chi connectivity index (χ0n) is 26.8. The van der Waals surface area contributed by atoms with E-state index in [1.807, 2.05) is 0 Å². The molecule has 3 aromatic heterocycles. The first-order valence-electron chi connectivity index (χ1n) is 15.0. The number of aliphatic hydroxyl groups excluding tert-OH is 4. The van der Waals surface area contributed by atoms with Crippen molar-refractivity contribution in [2.75, 3.05) is 36.2 Å². The predicted octanol–water partition coefficient (Wildman–Crippen LogP) is -2.55. The van der Waals surface area contributed by atoms with Crippen LogP contribution in [0.3, 0.4) is 0 Å². The van der Waals surface area contributed by atoms with Gasteiger partial charge < -0.3 is 60.6 Å². The van der Waals surface area contributed by atoms with E-state index < -0.39 is 102 Å². The van der Waals surface area contributed by atoms with Crippen molar-refractivity contribution in [3.8, 4) is 0 Å². The van der Waals surface area contributed by atoms with Crippen LogP contribution in [0.1, 0.15) is 18.7 Å². The molecule has 0 saturated carbocycles. The van der Waals surface area contributed by atoms with E-state index in [9.17, 15) is 53.8 Å². The van der Waals surface area contributed by atoms with Crippen LogP contribution in [0.2, 0.25) is 0 Å². The summed E-state index contributed by atoms with van der Waals surface area (Å²) in [4.78, 5) is 69.3. The first kappa shape index (κ1) is 39.6. The number of nitrogens with one attached hydrogen (secondary N) is 2. The lowest BCUT2D eigenvalue weighted by molar-refractivity contribution is -0.0499. The molecule has 0 radical (unpaired) electrons. The van der Waals surface area contributed by atoms with Crippen LogP contribution in [0, 0.1) is 12.1 Å². The molecule has 2 saturated heterocycles. The Morgan fingerprint density at radius 2 is 1.49 bits per heavy atom. The summed E-state index contributed by atoms with van der Waals surface area (Å²) in [6, 6.07) is 1.34. The van der Waals surface area contributed by atoms with Crippen LogP contribution in [0.4, 0.5) is 17.7 Å². The van der Waals surface area contributed by atoms with E-state index in [1.54, 1.807) is 6.92 Å². The van der Waals surface area contributed by atoms with Crippen LogP contribution in [0.25, 0.3) is 16.6 Å². The van der Waals surface area contributed by atoms with Gasteiger partial charge in [-0.1, -0.05) is 0 Å². The number of aromatic amines is 2. The highest BCUT2D eigenvalue weighted by molar-refractivity contribution is 8.09. The maximum absolute atomic E-state index is 12.7. The Morgan fingerprint density at radius 1 is 0.925 bits per heavy atom. The van der Waals surface area contributed by atoms with Crippen molar-refractivity contribution in [2.24, 2.45) is 5.92 Å². The van der Waals surface area contributed by atoms with E-state index >= 15 is 0 Å². The minimum atomic E-state index is -5.47. The van der Waals surface area contributed by atoms with Crippen molar-refractivity contribution in [2.45, 2.75) is 49.9 Å². The highest BCUT2D eigenvalue weighted by Gasteiger charge is 2.53. The molecule has 6 rings (SSSR count). The number of ether oxygens (including phenoxy) is 2. The Labute approximate surface area is 300 Å². The number of anilines is 3. The minimum absolute atomic E-state index is 0.00568. The second kappa shape index (κ2) is 14.5. The SMILES string of the molecule is CC1=[C+]N([C@@H]2O[C@H](COP(=O)(O)OP(O)(=S)OP(=O)(O)OC[C@H]3O[C@@H](n4ccc5c(=O)[nH]c(N)nc54)C(O)[C@H]3O)C(O)C2CO)c2nc(N)[nH]c(=O)c21. The molecule has 0 amide bonds. The summed E-state index contributed by atoms with van der Waals surface area (Å²) in [6.45, 7) is -6.22. The van der Waals surface area contributed by atoms with Gasteiger partial charge in [-0.3, -0.25) is 28.6 Å². The lowest BCUT2D eigenvalue weighted by atomic mass is 10.0. The summed E-state index contributed by atoms with van der Waals surface area (Å²) in [6.07, 6.45) is -6.44. The monoisotopic (exact) mass is 829 g/mol. The van der Waals surface area contributed by atoms with Gasteiger partial charge in [-0.2, -0.15) is 4.98 Å². The standard InChI is InChI=1S/C24H31N8O17P3S/c1-8-4-32(18-13(8)20(38)30-24(26)28-18)21-10(5-33)14(34)11(46-21)6-44-50(39,40)48-52(43,53)49-51(41,42)45-7-12-15(35)16(36)22(47-12)31-3-2-9-17(31)27-23(25)29-19(9)37/h2-3,10-12,14-16,21-22,33-36H,5-7H2,1H3,(H8-,25,26,27,28,29,30,37,38,39,40,41,42,43,53)/p+1/t10?,11-,12-,14?,15+,16?,21-,22-,52?/m1/s1. The lowest BCUT2D eigenvalue weighted by Crippen LogP contribution is -2.40. The largest absolute Gasteiger partial charge is 0.479 e.